The van der Waals surface area contributed by atoms with Gasteiger partial charge in [-0.3, -0.25) is 9.59 Å². The molecular formula is C17H20N2O4S. The Kier molecular flexibility index (Phi) is 6.77. The zero-order chi connectivity index (χ0) is 17.4. The number of benzene rings is 1. The van der Waals surface area contributed by atoms with Crippen LogP contribution in [-0.4, -0.2) is 32.6 Å². The SMILES string of the molecule is COc1cccc(C(CNC(=O)C(=O)NCc2cccs2)OC)c1. The van der Waals surface area contributed by atoms with Crippen LogP contribution in [0.2, 0.25) is 0 Å². The molecule has 0 fully saturated rings. The van der Waals surface area contributed by atoms with E-state index in [0.717, 1.165) is 10.4 Å². The summed E-state index contributed by atoms with van der Waals surface area (Å²) >= 11 is 1.52. The summed E-state index contributed by atoms with van der Waals surface area (Å²) in [4.78, 5) is 24.7. The summed E-state index contributed by atoms with van der Waals surface area (Å²) in [6.07, 6.45) is -0.367. The molecule has 1 atom stereocenters. The largest absolute Gasteiger partial charge is 0.497 e. The van der Waals surface area contributed by atoms with Crippen molar-refractivity contribution in [1.82, 2.24) is 10.6 Å². The molecule has 6 nitrogen and oxygen atoms in total. The summed E-state index contributed by atoms with van der Waals surface area (Å²) in [7, 11) is 3.13. The molecule has 1 heterocycles. The van der Waals surface area contributed by atoms with Crippen molar-refractivity contribution >= 4 is 23.2 Å². The minimum absolute atomic E-state index is 0.189. The van der Waals surface area contributed by atoms with Gasteiger partial charge in [0.05, 0.1) is 19.8 Å². The van der Waals surface area contributed by atoms with E-state index in [1.165, 1.54) is 11.3 Å². The Morgan fingerprint density at radius 1 is 1.12 bits per heavy atom. The first kappa shape index (κ1) is 18.0. The first-order valence-electron chi connectivity index (χ1n) is 7.39. The summed E-state index contributed by atoms with van der Waals surface area (Å²) in [6, 6.07) is 11.2. The molecule has 0 radical (unpaired) electrons. The molecule has 128 valence electrons. The van der Waals surface area contributed by atoms with Crippen molar-refractivity contribution in [2.24, 2.45) is 0 Å². The van der Waals surface area contributed by atoms with E-state index >= 15 is 0 Å². The highest BCUT2D eigenvalue weighted by atomic mass is 32.1. The number of rotatable bonds is 7. The number of hydrogen-bond donors (Lipinski definition) is 2. The molecule has 0 aliphatic heterocycles. The van der Waals surface area contributed by atoms with Crippen LogP contribution in [0, 0.1) is 0 Å². The van der Waals surface area contributed by atoms with Gasteiger partial charge in [0.15, 0.2) is 0 Å². The van der Waals surface area contributed by atoms with E-state index in [4.69, 9.17) is 9.47 Å². The van der Waals surface area contributed by atoms with E-state index in [9.17, 15) is 9.59 Å². The Morgan fingerprint density at radius 2 is 1.92 bits per heavy atom. The molecule has 2 rings (SSSR count). The third-order valence-corrected chi connectivity index (χ3v) is 4.28. The second-order valence-electron chi connectivity index (χ2n) is 4.97. The lowest BCUT2D eigenvalue weighted by molar-refractivity contribution is -0.139. The molecule has 2 N–H and O–H groups in total. The number of methoxy groups -OCH3 is 2. The summed E-state index contributed by atoms with van der Waals surface area (Å²) in [5.74, 6) is -0.644. The first-order valence-corrected chi connectivity index (χ1v) is 8.27. The Bertz CT molecular complexity index is 673. The highest BCUT2D eigenvalue weighted by molar-refractivity contribution is 7.09. The average molecular weight is 348 g/mol. The Morgan fingerprint density at radius 3 is 2.58 bits per heavy atom. The summed E-state index contributed by atoms with van der Waals surface area (Å²) in [5.41, 5.74) is 0.858. The number of carbonyl (C=O) groups excluding carboxylic acids is 2. The quantitative estimate of drug-likeness (QED) is 0.749. The minimum atomic E-state index is -0.684. The van der Waals surface area contributed by atoms with Crippen molar-refractivity contribution in [2.45, 2.75) is 12.6 Å². The maximum atomic E-state index is 11.9. The van der Waals surface area contributed by atoms with Gasteiger partial charge in [0.2, 0.25) is 0 Å². The third kappa shape index (κ3) is 5.07. The second-order valence-corrected chi connectivity index (χ2v) is 6.01. The van der Waals surface area contributed by atoms with Crippen LogP contribution >= 0.6 is 11.3 Å². The lowest BCUT2D eigenvalue weighted by Gasteiger charge is -2.17. The molecule has 0 aliphatic rings. The predicted molar refractivity (Wildman–Crippen MR) is 91.9 cm³/mol. The molecule has 1 aromatic heterocycles. The summed E-state index contributed by atoms with van der Waals surface area (Å²) in [6.45, 7) is 0.530. The van der Waals surface area contributed by atoms with Crippen LogP contribution < -0.4 is 15.4 Å². The first-order chi connectivity index (χ1) is 11.6. The monoisotopic (exact) mass is 348 g/mol. The molecule has 1 aromatic carbocycles. The molecule has 24 heavy (non-hydrogen) atoms. The second kappa shape index (κ2) is 9.05. The molecule has 0 spiro atoms. The Labute approximate surface area is 144 Å². The summed E-state index contributed by atoms with van der Waals surface area (Å²) in [5, 5.41) is 7.08. The van der Waals surface area contributed by atoms with E-state index < -0.39 is 11.8 Å². The predicted octanol–water partition coefficient (Wildman–Crippen LogP) is 1.88. The standard InChI is InChI=1S/C17H20N2O4S/c1-22-13-6-3-5-12(9-13)15(23-2)11-19-17(21)16(20)18-10-14-7-4-8-24-14/h3-9,15H,10-11H2,1-2H3,(H,18,20)(H,19,21). The van der Waals surface area contributed by atoms with Crippen molar-refractivity contribution in [1.29, 1.82) is 0 Å². The lowest BCUT2D eigenvalue weighted by atomic mass is 10.1. The van der Waals surface area contributed by atoms with Crippen LogP contribution in [0.5, 0.6) is 5.75 Å². The van der Waals surface area contributed by atoms with Crippen molar-refractivity contribution in [2.75, 3.05) is 20.8 Å². The molecule has 0 aliphatic carbocycles. The van der Waals surface area contributed by atoms with E-state index in [-0.39, 0.29) is 12.6 Å². The van der Waals surface area contributed by atoms with Gasteiger partial charge < -0.3 is 20.1 Å². The van der Waals surface area contributed by atoms with E-state index in [1.807, 2.05) is 41.8 Å². The fourth-order valence-corrected chi connectivity index (χ4v) is 2.75. The highest BCUT2D eigenvalue weighted by Crippen LogP contribution is 2.20. The van der Waals surface area contributed by atoms with Crippen molar-refractivity contribution in [3.63, 3.8) is 0 Å². The molecule has 2 amide bonds. The number of carbonyl (C=O) groups is 2. The van der Waals surface area contributed by atoms with Gasteiger partial charge >= 0.3 is 11.8 Å². The van der Waals surface area contributed by atoms with Crippen LogP contribution in [0.3, 0.4) is 0 Å². The van der Waals surface area contributed by atoms with Gasteiger partial charge in [-0.15, -0.1) is 11.3 Å². The number of amides is 2. The van der Waals surface area contributed by atoms with E-state index in [2.05, 4.69) is 10.6 Å². The van der Waals surface area contributed by atoms with Gasteiger partial charge in [0.25, 0.3) is 0 Å². The molecular weight excluding hydrogens is 328 g/mol. The molecule has 1 unspecified atom stereocenters. The highest BCUT2D eigenvalue weighted by Gasteiger charge is 2.17. The zero-order valence-corrected chi connectivity index (χ0v) is 14.4. The van der Waals surface area contributed by atoms with Gasteiger partial charge in [0, 0.05) is 18.5 Å². The van der Waals surface area contributed by atoms with Gasteiger partial charge in [-0.05, 0) is 29.1 Å². The number of hydrogen-bond acceptors (Lipinski definition) is 5. The van der Waals surface area contributed by atoms with Gasteiger partial charge in [-0.2, -0.15) is 0 Å². The minimum Gasteiger partial charge on any atom is -0.497 e. The van der Waals surface area contributed by atoms with Gasteiger partial charge in [-0.1, -0.05) is 18.2 Å². The van der Waals surface area contributed by atoms with Crippen LogP contribution in [0.25, 0.3) is 0 Å². The van der Waals surface area contributed by atoms with Gasteiger partial charge in [0.1, 0.15) is 5.75 Å². The van der Waals surface area contributed by atoms with E-state index in [0.29, 0.717) is 12.3 Å². The van der Waals surface area contributed by atoms with Crippen LogP contribution in [0.4, 0.5) is 0 Å². The van der Waals surface area contributed by atoms with Crippen LogP contribution in [0.15, 0.2) is 41.8 Å². The number of thiophene rings is 1. The number of ether oxygens (including phenoxy) is 2. The fourth-order valence-electron chi connectivity index (χ4n) is 2.11. The molecule has 2 aromatic rings. The molecule has 0 bridgehead atoms. The zero-order valence-electron chi connectivity index (χ0n) is 13.6. The summed E-state index contributed by atoms with van der Waals surface area (Å²) < 4.78 is 10.6. The third-order valence-electron chi connectivity index (χ3n) is 3.41. The average Bonchev–Trinajstić information content (AvgIpc) is 3.13. The Balaban J connectivity index is 1.85. The maximum absolute atomic E-state index is 11.9. The molecule has 0 saturated carbocycles. The van der Waals surface area contributed by atoms with Crippen LogP contribution in [0.1, 0.15) is 16.5 Å². The Hall–Kier alpha value is -2.38. The maximum Gasteiger partial charge on any atom is 0.309 e. The van der Waals surface area contributed by atoms with Crippen molar-refractivity contribution < 1.29 is 19.1 Å². The number of nitrogens with one attached hydrogen (secondary N) is 2. The topological polar surface area (TPSA) is 76.7 Å². The smallest absolute Gasteiger partial charge is 0.309 e. The van der Waals surface area contributed by atoms with E-state index in [1.54, 1.807) is 14.2 Å². The van der Waals surface area contributed by atoms with Crippen LogP contribution in [-0.2, 0) is 20.9 Å². The van der Waals surface area contributed by atoms with Crippen molar-refractivity contribution in [3.05, 3.63) is 52.2 Å². The lowest BCUT2D eigenvalue weighted by Crippen LogP contribution is -2.41. The fraction of sp³-hybridized carbons (Fsp3) is 0.294. The molecule has 7 heteroatoms. The molecule has 0 saturated heterocycles. The van der Waals surface area contributed by atoms with Gasteiger partial charge in [-0.25, -0.2) is 0 Å². The normalized spacial score (nSPS) is 11.6. The van der Waals surface area contributed by atoms with Crippen molar-refractivity contribution in [3.8, 4) is 5.75 Å².